The number of anilines is 1. The zero-order chi connectivity index (χ0) is 22.8. The first-order valence-electron chi connectivity index (χ1n) is 10.7. The van der Waals surface area contributed by atoms with Crippen LogP contribution in [0, 0.1) is 5.41 Å². The van der Waals surface area contributed by atoms with Crippen molar-refractivity contribution in [3.8, 4) is 0 Å². The molecule has 2 saturated heterocycles. The molecule has 10 heteroatoms. The first kappa shape index (κ1) is 22.3. The lowest BCUT2D eigenvalue weighted by Gasteiger charge is -2.37. The highest BCUT2D eigenvalue weighted by Crippen LogP contribution is 2.46. The van der Waals surface area contributed by atoms with Crippen molar-refractivity contribution in [2.24, 2.45) is 5.41 Å². The van der Waals surface area contributed by atoms with Crippen molar-refractivity contribution in [2.45, 2.75) is 84.2 Å². The highest BCUT2D eigenvalue weighted by molar-refractivity contribution is 6.74. The standard InChI is InChI=1S/C21H33N5O4Si/c1-20(2,3)19(27)25-16-13-17(23-10-22-16)26(11-24-13)18-15-14(30-15)12(29-18)9-28-31(7,8)21(4,5)6/h10-12,14-15,18H,9H2,1-8H3,(H,22,23,25,27)/t12-,14-,15-,18-/m1/s1. The van der Waals surface area contributed by atoms with Gasteiger partial charge in [-0.15, -0.1) is 0 Å². The third kappa shape index (κ3) is 4.13. The second-order valence-corrected chi connectivity index (χ2v) is 15.8. The molecule has 4 atom stereocenters. The minimum atomic E-state index is -1.87. The Morgan fingerprint density at radius 2 is 1.84 bits per heavy atom. The summed E-state index contributed by atoms with van der Waals surface area (Å²) >= 11 is 0. The third-order valence-corrected chi connectivity index (χ3v) is 11.0. The average Bonchev–Trinajstić information content (AvgIpc) is 3.18. The monoisotopic (exact) mass is 447 g/mol. The number of hydrogen-bond acceptors (Lipinski definition) is 7. The molecule has 2 aliphatic heterocycles. The van der Waals surface area contributed by atoms with Crippen molar-refractivity contribution in [3.63, 3.8) is 0 Å². The third-order valence-electron chi connectivity index (χ3n) is 6.48. The predicted molar refractivity (Wildman–Crippen MR) is 119 cm³/mol. The van der Waals surface area contributed by atoms with E-state index in [0.29, 0.717) is 23.6 Å². The van der Waals surface area contributed by atoms with E-state index in [-0.39, 0.29) is 35.5 Å². The number of nitrogens with one attached hydrogen (secondary N) is 1. The number of amides is 1. The molecule has 9 nitrogen and oxygen atoms in total. The van der Waals surface area contributed by atoms with E-state index in [1.54, 1.807) is 6.33 Å². The molecule has 1 N–H and O–H groups in total. The zero-order valence-corrected chi connectivity index (χ0v) is 20.6. The van der Waals surface area contributed by atoms with Gasteiger partial charge in [-0.1, -0.05) is 41.5 Å². The smallest absolute Gasteiger partial charge is 0.230 e. The molecular formula is C21H33N5O4Si. The van der Waals surface area contributed by atoms with Gasteiger partial charge in [0.25, 0.3) is 0 Å². The van der Waals surface area contributed by atoms with Crippen molar-refractivity contribution in [1.29, 1.82) is 0 Å². The summed E-state index contributed by atoms with van der Waals surface area (Å²) in [5.41, 5.74) is 0.590. The lowest BCUT2D eigenvalue weighted by Crippen LogP contribution is -2.43. The number of fused-ring (bicyclic) bond motifs is 2. The largest absolute Gasteiger partial charge is 0.414 e. The Bertz CT molecular complexity index is 994. The first-order valence-corrected chi connectivity index (χ1v) is 13.6. The van der Waals surface area contributed by atoms with Gasteiger partial charge in [0.1, 0.15) is 24.6 Å². The van der Waals surface area contributed by atoms with E-state index in [2.05, 4.69) is 54.1 Å². The summed E-state index contributed by atoms with van der Waals surface area (Å²) in [5, 5.41) is 3.00. The van der Waals surface area contributed by atoms with Crippen LogP contribution in [0.2, 0.25) is 18.1 Å². The van der Waals surface area contributed by atoms with Gasteiger partial charge in [0.15, 0.2) is 31.5 Å². The molecule has 0 unspecified atom stereocenters. The van der Waals surface area contributed by atoms with Crippen LogP contribution in [-0.4, -0.2) is 58.7 Å². The normalized spacial score (nSPS) is 26.2. The molecule has 170 valence electrons. The highest BCUT2D eigenvalue weighted by atomic mass is 28.4. The number of hydrogen-bond donors (Lipinski definition) is 1. The van der Waals surface area contributed by atoms with Crippen LogP contribution in [-0.2, 0) is 18.7 Å². The van der Waals surface area contributed by atoms with Crippen LogP contribution in [0.4, 0.5) is 5.82 Å². The topological polar surface area (TPSA) is 104 Å². The number of aromatic nitrogens is 4. The van der Waals surface area contributed by atoms with Gasteiger partial charge >= 0.3 is 0 Å². The van der Waals surface area contributed by atoms with Crippen LogP contribution in [0.1, 0.15) is 47.8 Å². The lowest BCUT2D eigenvalue weighted by atomic mass is 9.96. The fraction of sp³-hybridized carbons (Fsp3) is 0.714. The molecule has 2 aromatic heterocycles. The van der Waals surface area contributed by atoms with Crippen LogP contribution in [0.3, 0.4) is 0 Å². The number of imidazole rings is 1. The summed E-state index contributed by atoms with van der Waals surface area (Å²) in [6.45, 7) is 17.2. The van der Waals surface area contributed by atoms with Crippen LogP contribution >= 0.6 is 0 Å². The number of epoxide rings is 1. The maximum Gasteiger partial charge on any atom is 0.230 e. The molecule has 0 aliphatic carbocycles. The molecule has 2 fully saturated rings. The quantitative estimate of drug-likeness (QED) is 0.552. The van der Waals surface area contributed by atoms with Gasteiger partial charge in [-0.2, -0.15) is 0 Å². The van der Waals surface area contributed by atoms with E-state index in [0.717, 1.165) is 0 Å². The Morgan fingerprint density at radius 3 is 2.48 bits per heavy atom. The molecule has 4 heterocycles. The van der Waals surface area contributed by atoms with E-state index in [4.69, 9.17) is 13.9 Å². The zero-order valence-electron chi connectivity index (χ0n) is 19.6. The number of ether oxygens (including phenoxy) is 2. The molecule has 4 rings (SSSR count). The molecule has 0 aromatic carbocycles. The maximum absolute atomic E-state index is 12.4. The molecule has 1 amide bonds. The Morgan fingerprint density at radius 1 is 1.13 bits per heavy atom. The van der Waals surface area contributed by atoms with Crippen LogP contribution < -0.4 is 5.32 Å². The van der Waals surface area contributed by atoms with E-state index < -0.39 is 13.7 Å². The second kappa shape index (κ2) is 7.33. The number of carbonyl (C=O) groups excluding carboxylic acids is 1. The van der Waals surface area contributed by atoms with Gasteiger partial charge in [0, 0.05) is 5.41 Å². The fourth-order valence-corrected chi connectivity index (χ4v) is 4.30. The van der Waals surface area contributed by atoms with Crippen molar-refractivity contribution in [3.05, 3.63) is 12.7 Å². The Kier molecular flexibility index (Phi) is 5.28. The van der Waals surface area contributed by atoms with Crippen LogP contribution in [0.15, 0.2) is 12.7 Å². The molecule has 2 aliphatic rings. The maximum atomic E-state index is 12.4. The predicted octanol–water partition coefficient (Wildman–Crippen LogP) is 3.50. The van der Waals surface area contributed by atoms with Crippen molar-refractivity contribution >= 4 is 31.2 Å². The number of carbonyl (C=O) groups is 1. The molecule has 0 spiro atoms. The molecule has 0 radical (unpaired) electrons. The van der Waals surface area contributed by atoms with Gasteiger partial charge in [-0.3, -0.25) is 9.36 Å². The summed E-state index contributed by atoms with van der Waals surface area (Å²) in [4.78, 5) is 25.5. The van der Waals surface area contributed by atoms with Gasteiger partial charge in [0.2, 0.25) is 5.91 Å². The summed E-state index contributed by atoms with van der Waals surface area (Å²) in [6.07, 6.45) is 2.62. The van der Waals surface area contributed by atoms with E-state index in [1.807, 2.05) is 25.3 Å². The van der Waals surface area contributed by atoms with Crippen molar-refractivity contribution in [2.75, 3.05) is 11.9 Å². The first-order chi connectivity index (χ1) is 14.3. The van der Waals surface area contributed by atoms with Crippen LogP contribution in [0.5, 0.6) is 0 Å². The Balaban J connectivity index is 1.51. The summed E-state index contributed by atoms with van der Waals surface area (Å²) in [5.74, 6) is 0.264. The second-order valence-electron chi connectivity index (χ2n) is 11.0. The summed E-state index contributed by atoms with van der Waals surface area (Å²) in [6, 6.07) is 0. The molecule has 0 saturated carbocycles. The van der Waals surface area contributed by atoms with Crippen molar-refractivity contribution < 1.29 is 18.7 Å². The van der Waals surface area contributed by atoms with Gasteiger partial charge in [-0.25, -0.2) is 15.0 Å². The minimum Gasteiger partial charge on any atom is -0.414 e. The lowest BCUT2D eigenvalue weighted by molar-refractivity contribution is -0.123. The van der Waals surface area contributed by atoms with Gasteiger partial charge in [0.05, 0.1) is 12.9 Å². The van der Waals surface area contributed by atoms with Gasteiger partial charge < -0.3 is 19.2 Å². The van der Waals surface area contributed by atoms with Crippen molar-refractivity contribution in [1.82, 2.24) is 19.5 Å². The fourth-order valence-electron chi connectivity index (χ4n) is 3.29. The molecule has 2 aromatic rings. The average molecular weight is 448 g/mol. The Hall–Kier alpha value is -1.88. The summed E-state index contributed by atoms with van der Waals surface area (Å²) in [7, 11) is -1.87. The Labute approximate surface area is 184 Å². The van der Waals surface area contributed by atoms with Gasteiger partial charge in [-0.05, 0) is 18.1 Å². The SMILES string of the molecule is CC(C)(C)C(=O)Nc1ncnc2c1ncn2[C@@H]1O[C@H](CO[Si](C)(C)C(C)(C)C)[C@H]2O[C@H]21. The number of rotatable bonds is 5. The molecular weight excluding hydrogens is 414 g/mol. The van der Waals surface area contributed by atoms with E-state index in [9.17, 15) is 4.79 Å². The van der Waals surface area contributed by atoms with E-state index in [1.165, 1.54) is 6.33 Å². The molecule has 0 bridgehead atoms. The highest BCUT2D eigenvalue weighted by Gasteiger charge is 2.59. The van der Waals surface area contributed by atoms with E-state index >= 15 is 0 Å². The number of nitrogens with zero attached hydrogens (tertiary/aromatic N) is 4. The minimum absolute atomic E-state index is 0.0223. The van der Waals surface area contributed by atoms with Crippen LogP contribution in [0.25, 0.3) is 11.2 Å². The molecule has 31 heavy (non-hydrogen) atoms. The summed E-state index contributed by atoms with van der Waals surface area (Å²) < 4.78 is 20.4.